The Morgan fingerprint density at radius 3 is 2.71 bits per heavy atom. The van der Waals surface area contributed by atoms with Gasteiger partial charge >= 0.3 is 0 Å². The third kappa shape index (κ3) is 1.58. The Morgan fingerprint density at radius 1 is 1.35 bits per heavy atom. The highest BCUT2D eigenvalue weighted by molar-refractivity contribution is 6.32. The van der Waals surface area contributed by atoms with Gasteiger partial charge in [0.05, 0.1) is 0 Å². The molecule has 3 rings (SSSR count). The topological polar surface area (TPSA) is 44.5 Å². The first kappa shape index (κ1) is 11.1. The SMILES string of the molecule is NCC1(c2cc3c(c(Cl)c2F)OCCO3)CC1. The summed E-state index contributed by atoms with van der Waals surface area (Å²) in [6.07, 6.45) is 1.80. The molecule has 0 spiro atoms. The summed E-state index contributed by atoms with van der Waals surface area (Å²) in [6.45, 7) is 1.29. The van der Waals surface area contributed by atoms with E-state index >= 15 is 0 Å². The molecular weight excluding hydrogens is 245 g/mol. The maximum Gasteiger partial charge on any atom is 0.182 e. The van der Waals surface area contributed by atoms with E-state index in [9.17, 15) is 4.39 Å². The van der Waals surface area contributed by atoms with Crippen molar-refractivity contribution in [2.24, 2.45) is 5.73 Å². The molecule has 1 aliphatic carbocycles. The Labute approximate surface area is 104 Å². The van der Waals surface area contributed by atoms with E-state index in [1.807, 2.05) is 0 Å². The van der Waals surface area contributed by atoms with Crippen molar-refractivity contribution in [3.8, 4) is 11.5 Å². The predicted molar refractivity (Wildman–Crippen MR) is 62.4 cm³/mol. The highest BCUT2D eigenvalue weighted by Gasteiger charge is 2.46. The lowest BCUT2D eigenvalue weighted by Gasteiger charge is -2.23. The van der Waals surface area contributed by atoms with Crippen molar-refractivity contribution in [1.82, 2.24) is 0 Å². The third-order valence-corrected chi connectivity index (χ3v) is 3.87. The number of benzene rings is 1. The summed E-state index contributed by atoms with van der Waals surface area (Å²) in [5.41, 5.74) is 6.03. The van der Waals surface area contributed by atoms with Gasteiger partial charge in [-0.15, -0.1) is 0 Å². The van der Waals surface area contributed by atoms with E-state index in [0.29, 0.717) is 36.8 Å². The lowest BCUT2D eigenvalue weighted by atomic mass is 9.95. The van der Waals surface area contributed by atoms with Crippen LogP contribution < -0.4 is 15.2 Å². The number of ether oxygens (including phenoxy) is 2. The minimum Gasteiger partial charge on any atom is -0.486 e. The molecule has 2 N–H and O–H groups in total. The van der Waals surface area contributed by atoms with Crippen molar-refractivity contribution in [2.75, 3.05) is 19.8 Å². The summed E-state index contributed by atoms with van der Waals surface area (Å²) in [5.74, 6) is 0.420. The summed E-state index contributed by atoms with van der Waals surface area (Å²) in [5, 5.41) is 0.0110. The second-order valence-electron chi connectivity index (χ2n) is 4.56. The largest absolute Gasteiger partial charge is 0.486 e. The van der Waals surface area contributed by atoms with Gasteiger partial charge in [0.25, 0.3) is 0 Å². The summed E-state index contributed by atoms with van der Waals surface area (Å²) in [6, 6.07) is 1.69. The van der Waals surface area contributed by atoms with E-state index in [1.54, 1.807) is 6.07 Å². The Kier molecular flexibility index (Phi) is 2.45. The predicted octanol–water partition coefficient (Wildman–Crippen LogP) is 2.24. The molecule has 1 aromatic rings. The summed E-state index contributed by atoms with van der Waals surface area (Å²) in [7, 11) is 0. The fourth-order valence-electron chi connectivity index (χ4n) is 2.24. The van der Waals surface area contributed by atoms with Gasteiger partial charge in [-0.1, -0.05) is 11.6 Å². The lowest BCUT2D eigenvalue weighted by Crippen LogP contribution is -2.23. The van der Waals surface area contributed by atoms with Crippen LogP contribution in [-0.4, -0.2) is 19.8 Å². The highest BCUT2D eigenvalue weighted by atomic mass is 35.5. The van der Waals surface area contributed by atoms with E-state index in [2.05, 4.69) is 0 Å². The first-order valence-corrected chi connectivity index (χ1v) is 6.04. The Hall–Kier alpha value is -1.00. The van der Waals surface area contributed by atoms with Crippen LogP contribution in [0.15, 0.2) is 6.07 Å². The van der Waals surface area contributed by atoms with E-state index < -0.39 is 5.82 Å². The number of nitrogens with two attached hydrogens (primary N) is 1. The van der Waals surface area contributed by atoms with Crippen molar-refractivity contribution < 1.29 is 13.9 Å². The van der Waals surface area contributed by atoms with Gasteiger partial charge in [0.1, 0.15) is 24.1 Å². The van der Waals surface area contributed by atoms with Crippen LogP contribution in [0.25, 0.3) is 0 Å². The van der Waals surface area contributed by atoms with Crippen molar-refractivity contribution in [3.05, 3.63) is 22.5 Å². The Morgan fingerprint density at radius 2 is 2.06 bits per heavy atom. The zero-order valence-electron chi connectivity index (χ0n) is 9.26. The third-order valence-electron chi connectivity index (χ3n) is 3.53. The Bertz CT molecular complexity index is 474. The average Bonchev–Trinajstić information content (AvgIpc) is 3.15. The molecule has 0 amide bonds. The molecule has 2 aliphatic rings. The monoisotopic (exact) mass is 257 g/mol. The molecule has 0 aromatic heterocycles. The van der Waals surface area contributed by atoms with Gasteiger partial charge < -0.3 is 15.2 Å². The van der Waals surface area contributed by atoms with Crippen LogP contribution in [0.3, 0.4) is 0 Å². The van der Waals surface area contributed by atoms with Crippen molar-refractivity contribution in [3.63, 3.8) is 0 Å². The van der Waals surface area contributed by atoms with E-state index in [0.717, 1.165) is 12.8 Å². The normalized spacial score (nSPS) is 20.2. The highest BCUT2D eigenvalue weighted by Crippen LogP contribution is 2.52. The van der Waals surface area contributed by atoms with Gasteiger partial charge in [-0.2, -0.15) is 0 Å². The van der Waals surface area contributed by atoms with Crippen molar-refractivity contribution in [1.29, 1.82) is 0 Å². The van der Waals surface area contributed by atoms with Crippen molar-refractivity contribution in [2.45, 2.75) is 18.3 Å². The fourth-order valence-corrected chi connectivity index (χ4v) is 2.49. The maximum absolute atomic E-state index is 14.2. The maximum atomic E-state index is 14.2. The summed E-state index contributed by atoms with van der Waals surface area (Å²) < 4.78 is 25.0. The zero-order chi connectivity index (χ0) is 12.0. The summed E-state index contributed by atoms with van der Waals surface area (Å²) >= 11 is 5.99. The van der Waals surface area contributed by atoms with Crippen LogP contribution in [0.1, 0.15) is 18.4 Å². The average molecular weight is 258 g/mol. The van der Waals surface area contributed by atoms with Crippen LogP contribution in [0.4, 0.5) is 4.39 Å². The number of fused-ring (bicyclic) bond motifs is 1. The second-order valence-corrected chi connectivity index (χ2v) is 4.94. The van der Waals surface area contributed by atoms with E-state index in [-0.39, 0.29) is 10.4 Å². The number of rotatable bonds is 2. The second kappa shape index (κ2) is 3.75. The number of halogens is 2. The molecule has 1 heterocycles. The zero-order valence-corrected chi connectivity index (χ0v) is 10.0. The van der Waals surface area contributed by atoms with Crippen LogP contribution >= 0.6 is 11.6 Å². The molecule has 0 radical (unpaired) electrons. The number of hydrogen-bond donors (Lipinski definition) is 1. The molecule has 0 unspecified atom stereocenters. The molecule has 92 valence electrons. The molecule has 5 heteroatoms. The molecule has 1 saturated carbocycles. The minimum atomic E-state index is -0.418. The molecule has 3 nitrogen and oxygen atoms in total. The first-order chi connectivity index (χ1) is 8.18. The summed E-state index contributed by atoms with van der Waals surface area (Å²) in [4.78, 5) is 0. The quantitative estimate of drug-likeness (QED) is 0.884. The molecular formula is C12H13ClFNO2. The van der Waals surface area contributed by atoms with Gasteiger partial charge in [0, 0.05) is 17.5 Å². The molecule has 1 aromatic carbocycles. The van der Waals surface area contributed by atoms with Gasteiger partial charge in [0.15, 0.2) is 11.5 Å². The van der Waals surface area contributed by atoms with Gasteiger partial charge in [0.2, 0.25) is 0 Å². The molecule has 1 fully saturated rings. The van der Waals surface area contributed by atoms with Gasteiger partial charge in [-0.05, 0) is 18.9 Å². The van der Waals surface area contributed by atoms with Gasteiger partial charge in [-0.3, -0.25) is 0 Å². The molecule has 1 aliphatic heterocycles. The van der Waals surface area contributed by atoms with Crippen LogP contribution in [-0.2, 0) is 5.41 Å². The standard InChI is InChI=1S/C12H13ClFNO2/c13-9-10(14)7(12(6-15)1-2-12)5-8-11(9)17-4-3-16-8/h5H,1-4,6,15H2. The lowest BCUT2D eigenvalue weighted by molar-refractivity contribution is 0.170. The van der Waals surface area contributed by atoms with Crippen molar-refractivity contribution >= 4 is 11.6 Å². The number of hydrogen-bond acceptors (Lipinski definition) is 3. The molecule has 17 heavy (non-hydrogen) atoms. The molecule has 0 saturated heterocycles. The molecule has 0 atom stereocenters. The van der Waals surface area contributed by atoms with Crippen LogP contribution in [0, 0.1) is 5.82 Å². The minimum absolute atomic E-state index is 0.0110. The smallest absolute Gasteiger partial charge is 0.182 e. The fraction of sp³-hybridized carbons (Fsp3) is 0.500. The van der Waals surface area contributed by atoms with Gasteiger partial charge in [-0.25, -0.2) is 4.39 Å². The van der Waals surface area contributed by atoms with Crippen LogP contribution in [0.2, 0.25) is 5.02 Å². The Balaban J connectivity index is 2.14. The van der Waals surface area contributed by atoms with Crippen LogP contribution in [0.5, 0.6) is 11.5 Å². The molecule has 0 bridgehead atoms. The van der Waals surface area contributed by atoms with E-state index in [1.165, 1.54) is 0 Å². The van der Waals surface area contributed by atoms with E-state index in [4.69, 9.17) is 26.8 Å². The first-order valence-electron chi connectivity index (χ1n) is 5.66.